The van der Waals surface area contributed by atoms with Crippen molar-refractivity contribution in [3.63, 3.8) is 0 Å². The maximum absolute atomic E-state index is 14.5. The molecule has 2 aromatic rings. The number of piperidine rings is 1. The number of nitrogens with one attached hydrogen (secondary N) is 1. The van der Waals surface area contributed by atoms with E-state index in [1.54, 1.807) is 12.1 Å². The number of halogens is 1. The monoisotopic (exact) mass is 382 g/mol. The van der Waals surface area contributed by atoms with Crippen molar-refractivity contribution in [3.8, 4) is 5.75 Å². The van der Waals surface area contributed by atoms with Gasteiger partial charge in [0, 0.05) is 38.5 Å². The lowest BCUT2D eigenvalue weighted by Gasteiger charge is -2.42. The number of nitrogens with zero attached hydrogens (tertiary/aromatic N) is 1. The molecular weight excluding hydrogens is 355 g/mol. The number of ether oxygens (including phenoxy) is 1. The standard InChI is InChI=1S/C23H27FN2O2/c1-16-13-19-14-18(7-8-22(19)28-16)15-26-11-9-23(10-12-26,25-17(2)27)20-5-3-4-6-21(20)24/h3-8,14,16H,9-13,15H2,1-2H3,(H,25,27). The third-order valence-corrected chi connectivity index (χ3v) is 5.88. The van der Waals surface area contributed by atoms with Crippen molar-refractivity contribution in [2.75, 3.05) is 13.1 Å². The molecule has 4 nitrogen and oxygen atoms in total. The predicted octanol–water partition coefficient (Wildman–Crippen LogP) is 3.78. The first-order chi connectivity index (χ1) is 13.4. The maximum atomic E-state index is 14.5. The molecule has 2 aliphatic heterocycles. The van der Waals surface area contributed by atoms with Gasteiger partial charge in [-0.3, -0.25) is 9.69 Å². The molecule has 1 saturated heterocycles. The maximum Gasteiger partial charge on any atom is 0.217 e. The number of amides is 1. The normalized spacial score (nSPS) is 21.0. The van der Waals surface area contributed by atoms with Crippen LogP contribution >= 0.6 is 0 Å². The Bertz CT molecular complexity index is 875. The highest BCUT2D eigenvalue weighted by Crippen LogP contribution is 2.35. The molecule has 28 heavy (non-hydrogen) atoms. The Labute approximate surface area is 165 Å². The number of carbonyl (C=O) groups is 1. The van der Waals surface area contributed by atoms with Crippen molar-refractivity contribution in [1.82, 2.24) is 10.2 Å². The summed E-state index contributed by atoms with van der Waals surface area (Å²) >= 11 is 0. The zero-order valence-corrected chi connectivity index (χ0v) is 16.5. The molecule has 148 valence electrons. The average molecular weight is 382 g/mol. The van der Waals surface area contributed by atoms with Gasteiger partial charge in [-0.25, -0.2) is 4.39 Å². The van der Waals surface area contributed by atoms with Crippen LogP contribution in [0.1, 0.15) is 43.4 Å². The quantitative estimate of drug-likeness (QED) is 0.875. The first-order valence-electron chi connectivity index (χ1n) is 10.00. The number of carbonyl (C=O) groups excluding carboxylic acids is 1. The second-order valence-corrected chi connectivity index (χ2v) is 8.09. The van der Waals surface area contributed by atoms with Crippen molar-refractivity contribution in [1.29, 1.82) is 0 Å². The second-order valence-electron chi connectivity index (χ2n) is 8.09. The molecule has 1 unspecified atom stereocenters. The van der Waals surface area contributed by atoms with Gasteiger partial charge in [0.05, 0.1) is 5.54 Å². The van der Waals surface area contributed by atoms with Gasteiger partial charge in [-0.15, -0.1) is 0 Å². The van der Waals surface area contributed by atoms with Crippen LogP contribution in [-0.4, -0.2) is 30.0 Å². The SMILES string of the molecule is CC(=O)NC1(c2ccccc2F)CCN(Cc2ccc3c(c2)CC(C)O3)CC1. The zero-order chi connectivity index (χ0) is 19.7. The van der Waals surface area contributed by atoms with E-state index in [0.29, 0.717) is 18.4 Å². The number of hydrogen-bond acceptors (Lipinski definition) is 3. The number of fused-ring (bicyclic) bond motifs is 1. The molecule has 0 bridgehead atoms. The van der Waals surface area contributed by atoms with E-state index in [4.69, 9.17) is 4.74 Å². The highest BCUT2D eigenvalue weighted by molar-refractivity contribution is 5.74. The molecule has 1 N–H and O–H groups in total. The van der Waals surface area contributed by atoms with Crippen molar-refractivity contribution < 1.29 is 13.9 Å². The Kier molecular flexibility index (Phi) is 5.11. The Morgan fingerprint density at radius 2 is 2.00 bits per heavy atom. The van der Waals surface area contributed by atoms with E-state index in [0.717, 1.165) is 31.8 Å². The first kappa shape index (κ1) is 18.9. The molecule has 0 spiro atoms. The fourth-order valence-corrected chi connectivity index (χ4v) is 4.57. The average Bonchev–Trinajstić information content (AvgIpc) is 3.03. The predicted molar refractivity (Wildman–Crippen MR) is 107 cm³/mol. The Morgan fingerprint density at radius 3 is 2.71 bits per heavy atom. The number of hydrogen-bond donors (Lipinski definition) is 1. The molecule has 1 atom stereocenters. The minimum atomic E-state index is -0.630. The third kappa shape index (κ3) is 3.76. The molecule has 2 aliphatic rings. The highest BCUT2D eigenvalue weighted by atomic mass is 19.1. The van der Waals surface area contributed by atoms with Crippen molar-refractivity contribution in [2.45, 2.75) is 51.3 Å². The molecule has 2 aromatic carbocycles. The van der Waals surface area contributed by atoms with Gasteiger partial charge in [0.25, 0.3) is 0 Å². The van der Waals surface area contributed by atoms with Crippen molar-refractivity contribution in [2.24, 2.45) is 0 Å². The van der Waals surface area contributed by atoms with Crippen molar-refractivity contribution >= 4 is 5.91 Å². The van der Waals surface area contributed by atoms with Gasteiger partial charge in [-0.05, 0) is 43.0 Å². The first-order valence-corrected chi connectivity index (χ1v) is 10.00. The van der Waals surface area contributed by atoms with Crippen LogP contribution in [0.3, 0.4) is 0 Å². The van der Waals surface area contributed by atoms with Crippen LogP contribution in [0.15, 0.2) is 42.5 Å². The van der Waals surface area contributed by atoms with Gasteiger partial charge in [0.15, 0.2) is 0 Å². The van der Waals surface area contributed by atoms with E-state index in [9.17, 15) is 9.18 Å². The molecule has 0 aromatic heterocycles. The van der Waals surface area contributed by atoms with Crippen LogP contribution in [0.2, 0.25) is 0 Å². The Hall–Kier alpha value is -2.40. The van der Waals surface area contributed by atoms with Gasteiger partial charge in [0.2, 0.25) is 5.91 Å². The zero-order valence-electron chi connectivity index (χ0n) is 16.5. The van der Waals surface area contributed by atoms with Gasteiger partial charge in [-0.2, -0.15) is 0 Å². The summed E-state index contributed by atoms with van der Waals surface area (Å²) in [6.07, 6.45) is 2.60. The van der Waals surface area contributed by atoms with Crippen LogP contribution in [0.4, 0.5) is 4.39 Å². The van der Waals surface area contributed by atoms with E-state index in [1.165, 1.54) is 24.1 Å². The lowest BCUT2D eigenvalue weighted by molar-refractivity contribution is -0.121. The molecule has 0 saturated carbocycles. The number of likely N-dealkylation sites (tertiary alicyclic amines) is 1. The smallest absolute Gasteiger partial charge is 0.217 e. The number of benzene rings is 2. The summed E-state index contributed by atoms with van der Waals surface area (Å²) in [5, 5.41) is 3.05. The van der Waals surface area contributed by atoms with Crippen LogP contribution in [0, 0.1) is 5.82 Å². The second kappa shape index (κ2) is 7.55. The van der Waals surface area contributed by atoms with Crippen LogP contribution in [0.25, 0.3) is 0 Å². The molecule has 1 amide bonds. The van der Waals surface area contributed by atoms with Gasteiger partial charge in [-0.1, -0.05) is 30.3 Å². The van der Waals surface area contributed by atoms with Gasteiger partial charge >= 0.3 is 0 Å². The Balaban J connectivity index is 1.47. The summed E-state index contributed by atoms with van der Waals surface area (Å²) in [5.74, 6) is 0.626. The Morgan fingerprint density at radius 1 is 1.25 bits per heavy atom. The van der Waals surface area contributed by atoms with Crippen LogP contribution < -0.4 is 10.1 Å². The molecule has 0 radical (unpaired) electrons. The summed E-state index contributed by atoms with van der Waals surface area (Å²) in [6.45, 7) is 6.06. The minimum Gasteiger partial charge on any atom is -0.490 e. The highest BCUT2D eigenvalue weighted by Gasteiger charge is 2.38. The van der Waals surface area contributed by atoms with E-state index in [1.807, 2.05) is 6.07 Å². The third-order valence-electron chi connectivity index (χ3n) is 5.88. The molecule has 5 heteroatoms. The fourth-order valence-electron chi connectivity index (χ4n) is 4.57. The summed E-state index contributed by atoms with van der Waals surface area (Å²) in [7, 11) is 0. The molecule has 4 rings (SSSR count). The van der Waals surface area contributed by atoms with Crippen molar-refractivity contribution in [3.05, 3.63) is 65.0 Å². The van der Waals surface area contributed by atoms with E-state index in [-0.39, 0.29) is 17.8 Å². The summed E-state index contributed by atoms with van der Waals surface area (Å²) in [4.78, 5) is 14.2. The summed E-state index contributed by atoms with van der Waals surface area (Å²) < 4.78 is 20.3. The molecule has 0 aliphatic carbocycles. The van der Waals surface area contributed by atoms with E-state index in [2.05, 4.69) is 35.3 Å². The number of rotatable bonds is 4. The van der Waals surface area contributed by atoms with E-state index >= 15 is 0 Å². The van der Waals surface area contributed by atoms with E-state index < -0.39 is 5.54 Å². The summed E-state index contributed by atoms with van der Waals surface area (Å²) in [6, 6.07) is 13.2. The molecule has 1 fully saturated rings. The minimum absolute atomic E-state index is 0.121. The molecular formula is C23H27FN2O2. The lowest BCUT2D eigenvalue weighted by atomic mass is 9.80. The van der Waals surface area contributed by atoms with Crippen LogP contribution in [0.5, 0.6) is 5.75 Å². The fraction of sp³-hybridized carbons (Fsp3) is 0.435. The molecule has 2 heterocycles. The van der Waals surface area contributed by atoms with Crippen LogP contribution in [-0.2, 0) is 23.3 Å². The lowest BCUT2D eigenvalue weighted by Crippen LogP contribution is -2.52. The largest absolute Gasteiger partial charge is 0.490 e. The van der Waals surface area contributed by atoms with Gasteiger partial charge in [0.1, 0.15) is 17.7 Å². The summed E-state index contributed by atoms with van der Waals surface area (Å²) in [5.41, 5.74) is 2.51. The topological polar surface area (TPSA) is 41.6 Å². The van der Waals surface area contributed by atoms with Gasteiger partial charge < -0.3 is 10.1 Å².